The molecule has 1 aromatic heterocycles. The van der Waals surface area contributed by atoms with E-state index in [1.165, 1.54) is 0 Å². The first-order valence-corrected chi connectivity index (χ1v) is 9.78. The van der Waals surface area contributed by atoms with Crippen molar-refractivity contribution in [3.8, 4) is 11.3 Å². The van der Waals surface area contributed by atoms with Crippen LogP contribution in [0.15, 0.2) is 42.5 Å². The first kappa shape index (κ1) is 21.1. The second-order valence-electron chi connectivity index (χ2n) is 6.31. The van der Waals surface area contributed by atoms with Gasteiger partial charge in [-0.3, -0.25) is 0 Å². The van der Waals surface area contributed by atoms with Gasteiger partial charge in [-0.15, -0.1) is 0 Å². The second kappa shape index (κ2) is 9.26. The van der Waals surface area contributed by atoms with Gasteiger partial charge in [0.15, 0.2) is 0 Å². The molecule has 0 fully saturated rings. The van der Waals surface area contributed by atoms with Crippen LogP contribution in [0.4, 0.5) is 0 Å². The van der Waals surface area contributed by atoms with Gasteiger partial charge in [0, 0.05) is 5.56 Å². The van der Waals surface area contributed by atoms with Crippen LogP contribution in [-0.4, -0.2) is 42.7 Å². The number of ether oxygens (including phenoxy) is 3. The van der Waals surface area contributed by atoms with E-state index in [2.05, 4.69) is 4.98 Å². The molecule has 3 aromatic rings. The molecule has 0 amide bonds. The molecule has 1 N–H and O–H groups in total. The van der Waals surface area contributed by atoms with Crippen molar-refractivity contribution >= 4 is 28.7 Å². The Labute approximate surface area is 173 Å². The van der Waals surface area contributed by atoms with E-state index in [1.54, 1.807) is 26.8 Å². The molecule has 30 heavy (non-hydrogen) atoms. The first-order chi connectivity index (χ1) is 14.5. The van der Waals surface area contributed by atoms with Gasteiger partial charge in [0.25, 0.3) is 0 Å². The van der Waals surface area contributed by atoms with Gasteiger partial charge in [-0.05, 0) is 31.5 Å². The molecule has 0 aliphatic carbocycles. The van der Waals surface area contributed by atoms with Crippen molar-refractivity contribution < 1.29 is 28.6 Å². The van der Waals surface area contributed by atoms with Crippen LogP contribution in [-0.2, 0) is 14.2 Å². The van der Waals surface area contributed by atoms with Crippen molar-refractivity contribution in [2.24, 2.45) is 0 Å². The Morgan fingerprint density at radius 1 is 0.733 bits per heavy atom. The lowest BCUT2D eigenvalue weighted by atomic mass is 9.98. The molecule has 156 valence electrons. The number of hydrogen-bond donors (Lipinski definition) is 1. The van der Waals surface area contributed by atoms with Gasteiger partial charge in [0.05, 0.1) is 25.5 Å². The van der Waals surface area contributed by atoms with Crippen LogP contribution in [0, 0.1) is 0 Å². The van der Waals surface area contributed by atoms with Crippen LogP contribution in [0.3, 0.4) is 0 Å². The third-order valence-corrected chi connectivity index (χ3v) is 4.50. The lowest BCUT2D eigenvalue weighted by Gasteiger charge is -2.09. The minimum atomic E-state index is -0.800. The van der Waals surface area contributed by atoms with Crippen LogP contribution < -0.4 is 0 Å². The molecule has 7 heteroatoms. The van der Waals surface area contributed by atoms with Crippen LogP contribution in [0.5, 0.6) is 0 Å². The summed E-state index contributed by atoms with van der Waals surface area (Å²) in [5.74, 6) is -2.28. The predicted molar refractivity (Wildman–Crippen MR) is 112 cm³/mol. The Morgan fingerprint density at radius 2 is 1.30 bits per heavy atom. The highest BCUT2D eigenvalue weighted by molar-refractivity contribution is 6.15. The number of carbonyl (C=O) groups is 3. The monoisotopic (exact) mass is 409 g/mol. The van der Waals surface area contributed by atoms with Crippen LogP contribution >= 0.6 is 0 Å². The summed E-state index contributed by atoms with van der Waals surface area (Å²) in [6, 6.07) is 13.2. The third kappa shape index (κ3) is 3.91. The number of carbonyl (C=O) groups excluding carboxylic acids is 3. The topological polar surface area (TPSA) is 94.7 Å². The SMILES string of the molecule is CCOC(=O)c1[nH]c(-c2cccc3ccccc23)c(C(=O)OCC)c1C(=O)OCC. The lowest BCUT2D eigenvalue weighted by Crippen LogP contribution is -2.17. The molecule has 0 radical (unpaired) electrons. The van der Waals surface area contributed by atoms with E-state index in [1.807, 2.05) is 36.4 Å². The molecule has 0 atom stereocenters. The fraction of sp³-hybridized carbons (Fsp3) is 0.261. The Balaban J connectivity index is 2.36. The number of nitrogens with one attached hydrogen (secondary N) is 1. The number of aromatic nitrogens is 1. The molecule has 1 heterocycles. The molecule has 0 spiro atoms. The normalized spacial score (nSPS) is 10.6. The van der Waals surface area contributed by atoms with Gasteiger partial charge in [-0.25, -0.2) is 14.4 Å². The molecule has 7 nitrogen and oxygen atoms in total. The van der Waals surface area contributed by atoms with E-state index < -0.39 is 17.9 Å². The van der Waals surface area contributed by atoms with E-state index in [0.717, 1.165) is 10.8 Å². The number of H-pyrrole nitrogens is 1. The summed E-state index contributed by atoms with van der Waals surface area (Å²) in [5, 5.41) is 1.78. The minimum absolute atomic E-state index is 0.0466. The van der Waals surface area contributed by atoms with Crippen molar-refractivity contribution in [1.82, 2.24) is 4.98 Å². The summed E-state index contributed by atoms with van der Waals surface area (Å²) < 4.78 is 15.4. The van der Waals surface area contributed by atoms with Crippen molar-refractivity contribution in [1.29, 1.82) is 0 Å². The Bertz CT molecular complexity index is 1090. The van der Waals surface area contributed by atoms with Crippen molar-refractivity contribution in [3.63, 3.8) is 0 Å². The number of rotatable bonds is 7. The summed E-state index contributed by atoms with van der Waals surface area (Å²) in [4.78, 5) is 41.2. The van der Waals surface area contributed by atoms with E-state index >= 15 is 0 Å². The first-order valence-electron chi connectivity index (χ1n) is 9.78. The maximum absolute atomic E-state index is 12.9. The highest BCUT2D eigenvalue weighted by atomic mass is 16.5. The number of benzene rings is 2. The summed E-state index contributed by atoms with van der Waals surface area (Å²) in [5.41, 5.74) is 0.585. The van der Waals surface area contributed by atoms with Crippen LogP contribution in [0.25, 0.3) is 22.0 Å². The number of aromatic amines is 1. The zero-order valence-electron chi connectivity index (χ0n) is 17.1. The van der Waals surface area contributed by atoms with Gasteiger partial charge >= 0.3 is 17.9 Å². The average Bonchev–Trinajstić information content (AvgIpc) is 3.14. The summed E-state index contributed by atoms with van der Waals surface area (Å²) in [6.07, 6.45) is 0. The molecule has 2 aromatic carbocycles. The molecule has 0 aliphatic rings. The standard InChI is InChI=1S/C23H23NO6/c1-4-28-21(25)17-18(22(26)29-5-2)20(23(27)30-6-3)24-19(17)16-13-9-11-14-10-7-8-12-15(14)16/h7-13,24H,4-6H2,1-3H3. The zero-order valence-corrected chi connectivity index (χ0v) is 17.1. The molecule has 0 unspecified atom stereocenters. The maximum atomic E-state index is 12.9. The number of fused-ring (bicyclic) bond motifs is 1. The van der Waals surface area contributed by atoms with Crippen molar-refractivity contribution in [3.05, 3.63) is 59.3 Å². The summed E-state index contributed by atoms with van der Waals surface area (Å²) in [7, 11) is 0. The number of hydrogen-bond acceptors (Lipinski definition) is 6. The molecule has 0 saturated heterocycles. The quantitative estimate of drug-likeness (QED) is 0.460. The maximum Gasteiger partial charge on any atom is 0.355 e. The lowest BCUT2D eigenvalue weighted by molar-refractivity contribution is 0.0460. The van der Waals surface area contributed by atoms with E-state index in [-0.39, 0.29) is 36.6 Å². The van der Waals surface area contributed by atoms with Gasteiger partial charge in [-0.1, -0.05) is 42.5 Å². The molecule has 0 aliphatic heterocycles. The zero-order chi connectivity index (χ0) is 21.7. The molecule has 0 bridgehead atoms. The fourth-order valence-corrected chi connectivity index (χ4v) is 3.32. The Morgan fingerprint density at radius 3 is 1.97 bits per heavy atom. The molecule has 3 rings (SSSR count). The third-order valence-electron chi connectivity index (χ3n) is 4.50. The summed E-state index contributed by atoms with van der Waals surface area (Å²) >= 11 is 0. The van der Waals surface area contributed by atoms with Crippen molar-refractivity contribution in [2.75, 3.05) is 19.8 Å². The molecular weight excluding hydrogens is 386 g/mol. The predicted octanol–water partition coefficient (Wildman–Crippen LogP) is 4.37. The number of esters is 3. The highest BCUT2D eigenvalue weighted by Crippen LogP contribution is 2.34. The molecule has 0 saturated carbocycles. The smallest absolute Gasteiger partial charge is 0.355 e. The van der Waals surface area contributed by atoms with E-state index in [0.29, 0.717) is 11.3 Å². The molecular formula is C23H23NO6. The Hall–Kier alpha value is -3.61. The van der Waals surface area contributed by atoms with Crippen LogP contribution in [0.2, 0.25) is 0 Å². The van der Waals surface area contributed by atoms with Gasteiger partial charge < -0.3 is 19.2 Å². The van der Waals surface area contributed by atoms with Crippen molar-refractivity contribution in [2.45, 2.75) is 20.8 Å². The van der Waals surface area contributed by atoms with Gasteiger partial charge in [0.2, 0.25) is 0 Å². The van der Waals surface area contributed by atoms with Gasteiger partial charge in [-0.2, -0.15) is 0 Å². The Kier molecular flexibility index (Phi) is 6.51. The highest BCUT2D eigenvalue weighted by Gasteiger charge is 2.34. The average molecular weight is 409 g/mol. The minimum Gasteiger partial charge on any atom is -0.462 e. The second-order valence-corrected chi connectivity index (χ2v) is 6.31. The van der Waals surface area contributed by atoms with Gasteiger partial charge in [0.1, 0.15) is 16.8 Å². The summed E-state index contributed by atoms with van der Waals surface area (Å²) in [6.45, 7) is 5.26. The largest absolute Gasteiger partial charge is 0.462 e. The fourth-order valence-electron chi connectivity index (χ4n) is 3.32. The van der Waals surface area contributed by atoms with E-state index in [9.17, 15) is 14.4 Å². The van der Waals surface area contributed by atoms with Crippen LogP contribution in [0.1, 0.15) is 52.0 Å². The van der Waals surface area contributed by atoms with E-state index in [4.69, 9.17) is 14.2 Å².